The molecule has 1 heterocycles. The SMILES string of the molecule is C=C(C)C1CC(=O)C(C)=C(C2(c3ccc(I)cc3)CCN(C)CC2)C1. The molecule has 134 valence electrons. The maximum absolute atomic E-state index is 12.7. The van der Waals surface area contributed by atoms with Gasteiger partial charge >= 0.3 is 0 Å². The van der Waals surface area contributed by atoms with Crippen LogP contribution in [0.4, 0.5) is 0 Å². The number of halogens is 1. The van der Waals surface area contributed by atoms with Gasteiger partial charge in [-0.1, -0.05) is 29.9 Å². The third-order valence-corrected chi connectivity index (χ3v) is 6.98. The number of hydrogen-bond donors (Lipinski definition) is 0. The molecule has 1 fully saturated rings. The van der Waals surface area contributed by atoms with Gasteiger partial charge in [-0.3, -0.25) is 4.79 Å². The van der Waals surface area contributed by atoms with E-state index in [1.54, 1.807) is 0 Å². The highest BCUT2D eigenvalue weighted by molar-refractivity contribution is 14.1. The number of carbonyl (C=O) groups excluding carboxylic acids is 1. The van der Waals surface area contributed by atoms with Gasteiger partial charge in [0.05, 0.1) is 0 Å². The minimum Gasteiger partial charge on any atom is -0.306 e. The van der Waals surface area contributed by atoms with Gasteiger partial charge in [0.1, 0.15) is 0 Å². The first kappa shape index (κ1) is 18.8. The number of Topliss-reactive ketones (excluding diaryl/α,β-unsaturated/α-hetero) is 1. The van der Waals surface area contributed by atoms with Crippen LogP contribution in [0, 0.1) is 9.49 Å². The molecule has 2 aliphatic rings. The Hall–Kier alpha value is -0.940. The standard InChI is InChI=1S/C22H28INO/c1-15(2)17-13-20(16(3)21(25)14-17)22(9-11-24(4)12-10-22)18-5-7-19(23)8-6-18/h5-8,17H,1,9-14H2,2-4H3. The lowest BCUT2D eigenvalue weighted by molar-refractivity contribution is -0.116. The second-order valence-electron chi connectivity index (χ2n) is 7.87. The van der Waals surface area contributed by atoms with E-state index in [-0.39, 0.29) is 5.41 Å². The van der Waals surface area contributed by atoms with Crippen molar-refractivity contribution in [3.05, 3.63) is 56.7 Å². The zero-order valence-electron chi connectivity index (χ0n) is 15.6. The molecule has 2 nitrogen and oxygen atoms in total. The molecule has 3 heteroatoms. The van der Waals surface area contributed by atoms with Crippen LogP contribution in [0.5, 0.6) is 0 Å². The van der Waals surface area contributed by atoms with Crippen LogP contribution in [-0.4, -0.2) is 30.8 Å². The van der Waals surface area contributed by atoms with Gasteiger partial charge in [-0.15, -0.1) is 0 Å². The van der Waals surface area contributed by atoms with Gasteiger partial charge in [-0.25, -0.2) is 0 Å². The van der Waals surface area contributed by atoms with Crippen LogP contribution in [0.2, 0.25) is 0 Å². The van der Waals surface area contributed by atoms with Crippen LogP contribution in [0.25, 0.3) is 0 Å². The number of nitrogens with zero attached hydrogens (tertiary/aromatic N) is 1. The van der Waals surface area contributed by atoms with Crippen LogP contribution in [0.1, 0.15) is 45.1 Å². The van der Waals surface area contributed by atoms with Gasteiger partial charge in [0.2, 0.25) is 0 Å². The zero-order valence-corrected chi connectivity index (χ0v) is 17.7. The summed E-state index contributed by atoms with van der Waals surface area (Å²) in [5.41, 5.74) is 4.92. The molecule has 0 saturated carbocycles. The summed E-state index contributed by atoms with van der Waals surface area (Å²) in [5, 5.41) is 0. The lowest BCUT2D eigenvalue weighted by Crippen LogP contribution is -2.44. The Kier molecular flexibility index (Phi) is 5.54. The topological polar surface area (TPSA) is 20.3 Å². The maximum atomic E-state index is 12.7. The van der Waals surface area contributed by atoms with E-state index < -0.39 is 0 Å². The van der Waals surface area contributed by atoms with Crippen molar-refractivity contribution in [1.82, 2.24) is 4.90 Å². The van der Waals surface area contributed by atoms with Crippen LogP contribution >= 0.6 is 22.6 Å². The summed E-state index contributed by atoms with van der Waals surface area (Å²) in [6, 6.07) is 8.96. The molecule has 25 heavy (non-hydrogen) atoms. The molecule has 1 aromatic rings. The number of allylic oxidation sites excluding steroid dienone is 3. The quantitative estimate of drug-likeness (QED) is 0.471. The van der Waals surface area contributed by atoms with Crippen LogP contribution < -0.4 is 0 Å². The van der Waals surface area contributed by atoms with E-state index in [0.717, 1.165) is 43.5 Å². The summed E-state index contributed by atoms with van der Waals surface area (Å²) in [4.78, 5) is 15.1. The average molecular weight is 449 g/mol. The maximum Gasteiger partial charge on any atom is 0.159 e. The van der Waals surface area contributed by atoms with Gasteiger partial charge < -0.3 is 4.90 Å². The predicted octanol–water partition coefficient (Wildman–Crippen LogP) is 5.13. The Balaban J connectivity index is 2.11. The molecule has 0 aromatic heterocycles. The number of carbonyl (C=O) groups is 1. The molecule has 3 rings (SSSR count). The summed E-state index contributed by atoms with van der Waals surface area (Å²) in [6.45, 7) is 10.4. The van der Waals surface area contributed by atoms with Crippen molar-refractivity contribution in [2.45, 2.75) is 44.9 Å². The summed E-state index contributed by atoms with van der Waals surface area (Å²) in [6.07, 6.45) is 3.80. The third-order valence-electron chi connectivity index (χ3n) is 6.27. The van der Waals surface area contributed by atoms with E-state index in [1.165, 1.54) is 14.7 Å². The molecule has 1 aromatic carbocycles. The normalized spacial score (nSPS) is 24.5. The zero-order chi connectivity index (χ0) is 18.2. The lowest BCUT2D eigenvalue weighted by Gasteiger charge is -2.46. The highest BCUT2D eigenvalue weighted by Gasteiger charge is 2.42. The Morgan fingerprint density at radius 2 is 1.80 bits per heavy atom. The first-order valence-corrected chi connectivity index (χ1v) is 10.2. The fourth-order valence-electron chi connectivity index (χ4n) is 4.45. The smallest absolute Gasteiger partial charge is 0.159 e. The molecule has 1 unspecified atom stereocenters. The molecular weight excluding hydrogens is 421 g/mol. The van der Waals surface area contributed by atoms with E-state index >= 15 is 0 Å². The highest BCUT2D eigenvalue weighted by atomic mass is 127. The number of piperidine rings is 1. The molecule has 0 N–H and O–H groups in total. The first-order valence-electron chi connectivity index (χ1n) is 9.17. The van der Waals surface area contributed by atoms with Crippen molar-refractivity contribution in [1.29, 1.82) is 0 Å². The summed E-state index contributed by atoms with van der Waals surface area (Å²) >= 11 is 2.36. The van der Waals surface area contributed by atoms with E-state index in [9.17, 15) is 4.79 Å². The van der Waals surface area contributed by atoms with E-state index in [2.05, 4.69) is 79.2 Å². The summed E-state index contributed by atoms with van der Waals surface area (Å²) in [5.74, 6) is 0.615. The van der Waals surface area contributed by atoms with Crippen molar-refractivity contribution in [2.24, 2.45) is 5.92 Å². The molecular formula is C22H28INO. The monoisotopic (exact) mass is 449 g/mol. The fraction of sp³-hybridized carbons (Fsp3) is 0.500. The van der Waals surface area contributed by atoms with E-state index in [0.29, 0.717) is 18.1 Å². The predicted molar refractivity (Wildman–Crippen MR) is 113 cm³/mol. The average Bonchev–Trinajstić information content (AvgIpc) is 2.59. The number of likely N-dealkylation sites (tertiary alicyclic amines) is 1. The second-order valence-corrected chi connectivity index (χ2v) is 9.12. The van der Waals surface area contributed by atoms with Gasteiger partial charge in [-0.05, 0) is 105 Å². The number of ketones is 1. The molecule has 0 amide bonds. The Morgan fingerprint density at radius 3 is 2.36 bits per heavy atom. The Morgan fingerprint density at radius 1 is 1.20 bits per heavy atom. The molecule has 1 aliphatic carbocycles. The van der Waals surface area contributed by atoms with E-state index in [4.69, 9.17) is 0 Å². The van der Waals surface area contributed by atoms with Gasteiger partial charge in [0, 0.05) is 15.4 Å². The van der Waals surface area contributed by atoms with Crippen LogP contribution in [-0.2, 0) is 10.2 Å². The lowest BCUT2D eigenvalue weighted by atomic mass is 9.61. The molecule has 1 saturated heterocycles. The molecule has 0 spiro atoms. The van der Waals surface area contributed by atoms with Crippen molar-refractivity contribution < 1.29 is 4.79 Å². The van der Waals surface area contributed by atoms with Crippen LogP contribution in [0.3, 0.4) is 0 Å². The van der Waals surface area contributed by atoms with Crippen molar-refractivity contribution in [3.63, 3.8) is 0 Å². The van der Waals surface area contributed by atoms with Crippen molar-refractivity contribution in [3.8, 4) is 0 Å². The second kappa shape index (κ2) is 7.36. The molecule has 0 radical (unpaired) electrons. The van der Waals surface area contributed by atoms with Gasteiger partial charge in [-0.2, -0.15) is 0 Å². The summed E-state index contributed by atoms with van der Waals surface area (Å²) in [7, 11) is 2.20. The molecule has 1 atom stereocenters. The van der Waals surface area contributed by atoms with Gasteiger partial charge in [0.25, 0.3) is 0 Å². The summed E-state index contributed by atoms with van der Waals surface area (Å²) < 4.78 is 1.26. The van der Waals surface area contributed by atoms with Crippen LogP contribution in [0.15, 0.2) is 47.6 Å². The fourth-order valence-corrected chi connectivity index (χ4v) is 4.81. The van der Waals surface area contributed by atoms with Crippen molar-refractivity contribution in [2.75, 3.05) is 20.1 Å². The number of rotatable bonds is 3. The third kappa shape index (κ3) is 3.63. The highest BCUT2D eigenvalue weighted by Crippen LogP contribution is 2.48. The van der Waals surface area contributed by atoms with E-state index in [1.807, 2.05) is 0 Å². The van der Waals surface area contributed by atoms with Crippen molar-refractivity contribution >= 4 is 28.4 Å². The minimum absolute atomic E-state index is 0.00468. The molecule has 0 bridgehead atoms. The number of benzene rings is 1. The van der Waals surface area contributed by atoms with Gasteiger partial charge in [0.15, 0.2) is 5.78 Å². The Labute approximate surface area is 165 Å². The Bertz CT molecular complexity index is 708. The minimum atomic E-state index is 0.00468. The largest absolute Gasteiger partial charge is 0.306 e. The first-order chi connectivity index (χ1) is 11.8. The molecule has 1 aliphatic heterocycles. The number of hydrogen-bond acceptors (Lipinski definition) is 2.